The average molecular weight is 796 g/mol. The molecule has 51 heavy (non-hydrogen) atoms. The Morgan fingerprint density at radius 1 is 0.745 bits per heavy atom. The van der Waals surface area contributed by atoms with Crippen molar-refractivity contribution in [2.24, 2.45) is 20.5 Å². The fraction of sp³-hybridized carbons (Fsp3) is 0.0833. The van der Waals surface area contributed by atoms with Gasteiger partial charge >= 0.3 is 6.08 Å². The molecule has 0 bridgehead atoms. The third kappa shape index (κ3) is 10.6. The number of nitrogens with zero attached hydrogens (tertiary/aromatic N) is 6. The number of nitrogens with one attached hydrogen (secondary N) is 1. The van der Waals surface area contributed by atoms with Crippen molar-refractivity contribution in [3.63, 3.8) is 0 Å². The van der Waals surface area contributed by atoms with Crippen LogP contribution in [0.25, 0.3) is 0 Å². The van der Waals surface area contributed by atoms with E-state index >= 15 is 0 Å². The maximum absolute atomic E-state index is 13.5. The van der Waals surface area contributed by atoms with Gasteiger partial charge in [-0.2, -0.15) is 35.6 Å². The van der Waals surface area contributed by atoms with Gasteiger partial charge in [0, 0.05) is 23.9 Å². The van der Waals surface area contributed by atoms with Crippen LogP contribution in [0.3, 0.4) is 0 Å². The van der Waals surface area contributed by atoms with Crippen molar-refractivity contribution in [3.05, 3.63) is 66.6 Å². The van der Waals surface area contributed by atoms with Crippen molar-refractivity contribution in [1.29, 1.82) is 0 Å². The first-order chi connectivity index (χ1) is 23.9. The first-order valence-corrected chi connectivity index (χ1v) is 18.2. The van der Waals surface area contributed by atoms with Gasteiger partial charge in [0.2, 0.25) is 5.95 Å². The lowest BCUT2D eigenvalue weighted by Crippen LogP contribution is -2.12. The predicted molar refractivity (Wildman–Crippen MR) is 166 cm³/mol. The van der Waals surface area contributed by atoms with Gasteiger partial charge in [-0.15, -0.1) is 24.8 Å². The fourth-order valence-corrected chi connectivity index (χ4v) is 6.49. The Balaban J connectivity index is 1.66. The molecule has 0 spiro atoms. The van der Waals surface area contributed by atoms with Crippen LogP contribution < -0.4 is 5.32 Å². The van der Waals surface area contributed by atoms with Crippen LogP contribution in [0.1, 0.15) is 0 Å². The summed E-state index contributed by atoms with van der Waals surface area (Å²) in [7, 11) is -14.3. The summed E-state index contributed by atoms with van der Waals surface area (Å²) in [6.45, 7) is -0.510. The van der Waals surface area contributed by atoms with Crippen LogP contribution in [0.4, 0.5) is 43.0 Å². The Morgan fingerprint density at radius 2 is 1.37 bits per heavy atom. The molecule has 4 rings (SSSR count). The van der Waals surface area contributed by atoms with Crippen molar-refractivity contribution >= 4 is 76.7 Å². The summed E-state index contributed by atoms with van der Waals surface area (Å²) in [5.74, 6) is -3.84. The van der Waals surface area contributed by atoms with Crippen LogP contribution in [0.2, 0.25) is 0 Å². The molecular formula is C24H19F2N7O14S4. The van der Waals surface area contributed by atoms with E-state index in [1.54, 1.807) is 0 Å². The maximum Gasteiger partial charge on any atom is 0.313 e. The maximum atomic E-state index is 13.5. The molecule has 27 heteroatoms. The summed E-state index contributed by atoms with van der Waals surface area (Å²) in [6, 6.07) is 7.51. The molecule has 0 saturated carbocycles. The van der Waals surface area contributed by atoms with E-state index in [0.29, 0.717) is 18.2 Å². The molecule has 0 fully saturated rings. The largest absolute Gasteiger partial charge is 0.505 e. The molecule has 1 heterocycles. The Bertz CT molecular complexity index is 2330. The number of hydrogen-bond acceptors (Lipinski definition) is 20. The molecule has 0 atom stereocenters. The summed E-state index contributed by atoms with van der Waals surface area (Å²) >= 11 is 0.101. The quantitative estimate of drug-likeness (QED) is 0.0135. The number of aromatic hydroxyl groups is 2. The van der Waals surface area contributed by atoms with E-state index in [-0.39, 0.29) is 23.8 Å². The number of hydrogen-bond donors (Lipinski definition) is 6. The zero-order valence-corrected chi connectivity index (χ0v) is 27.9. The lowest BCUT2D eigenvalue weighted by atomic mass is 10.2. The number of phenolic OH excluding ortho intramolecular Hbond substituents is 2. The Morgan fingerprint density at radius 3 is 1.98 bits per heavy atom. The highest BCUT2D eigenvalue weighted by molar-refractivity contribution is 7.91. The minimum atomic E-state index is -5.13. The molecule has 0 aliphatic heterocycles. The molecule has 0 amide bonds. The number of azo groups is 2. The van der Waals surface area contributed by atoms with E-state index in [1.165, 1.54) is 0 Å². The van der Waals surface area contributed by atoms with E-state index in [2.05, 4.69) is 49.3 Å². The van der Waals surface area contributed by atoms with E-state index in [0.717, 1.165) is 36.4 Å². The highest BCUT2D eigenvalue weighted by atomic mass is 32.2. The fourth-order valence-electron chi connectivity index (χ4n) is 3.73. The second-order valence-electron chi connectivity index (χ2n) is 9.31. The smallest absolute Gasteiger partial charge is 0.313 e. The van der Waals surface area contributed by atoms with E-state index in [4.69, 9.17) is 5.26 Å². The lowest BCUT2D eigenvalue weighted by Gasteiger charge is -2.09. The number of anilines is 2. The topological polar surface area (TPSA) is 319 Å². The number of sulfone groups is 1. The van der Waals surface area contributed by atoms with Crippen LogP contribution in [0.15, 0.2) is 89.7 Å². The first-order valence-electron chi connectivity index (χ1n) is 13.0. The Labute approximate surface area is 289 Å². The third-order valence-electron chi connectivity index (χ3n) is 5.89. The molecule has 272 valence electrons. The van der Waals surface area contributed by atoms with Crippen LogP contribution in [-0.4, -0.2) is 72.2 Å². The predicted octanol–water partition coefficient (Wildman–Crippen LogP) is 5.01. The normalized spacial score (nSPS) is 12.6. The van der Waals surface area contributed by atoms with Crippen molar-refractivity contribution in [3.8, 4) is 11.5 Å². The van der Waals surface area contributed by atoms with Crippen molar-refractivity contribution in [2.75, 3.05) is 17.7 Å². The number of benzene rings is 3. The monoisotopic (exact) mass is 795 g/mol. The second-order valence-corrected chi connectivity index (χ2v) is 14.7. The third-order valence-corrected chi connectivity index (χ3v) is 9.73. The standard InChI is InChI=1S/C24H19F2N7O14S4/c25-22-11-23(29-24(26)28-22)27-12-1-4-20(50(39,40)41)17(7-12)33-32-16-9-15(18(34)10-19(16)35)31-30-14-3-2-13(8-21(14)51(42,43)44)49(37,38)6-5-45-48-47-46-36/h1-4,7-11,34-36H,5-6H2,(H,27,28,29)(H,39,40,41)(H,42,43,44)/b31-30+,33-32+. The molecule has 0 unspecified atom stereocenters. The van der Waals surface area contributed by atoms with Crippen LogP contribution >= 0.6 is 12.3 Å². The molecule has 0 aliphatic carbocycles. The molecule has 1 aromatic heterocycles. The summed E-state index contributed by atoms with van der Waals surface area (Å²) in [6.07, 6.45) is -1.42. The Kier molecular flexibility index (Phi) is 12.2. The van der Waals surface area contributed by atoms with E-state index < -0.39 is 103 Å². The molecule has 21 nitrogen and oxygen atoms in total. The number of aromatic nitrogens is 2. The van der Waals surface area contributed by atoms with Gasteiger partial charge in [-0.1, -0.05) is 5.04 Å². The number of rotatable bonds is 15. The van der Waals surface area contributed by atoms with Crippen molar-refractivity contribution in [1.82, 2.24) is 9.97 Å². The summed E-state index contributed by atoms with van der Waals surface area (Å²) < 4.78 is 128. The van der Waals surface area contributed by atoms with Crippen LogP contribution in [0.5, 0.6) is 11.5 Å². The van der Waals surface area contributed by atoms with E-state index in [1.807, 2.05) is 0 Å². The summed E-state index contributed by atoms with van der Waals surface area (Å²) in [5, 5.41) is 49.1. The minimum Gasteiger partial charge on any atom is -0.505 e. The first kappa shape index (κ1) is 39.0. The van der Waals surface area contributed by atoms with Crippen molar-refractivity contribution < 1.29 is 72.2 Å². The molecule has 4 aromatic rings. The van der Waals surface area contributed by atoms with Gasteiger partial charge in [0.15, 0.2) is 22.2 Å². The van der Waals surface area contributed by atoms with Gasteiger partial charge in [0.05, 0.1) is 17.3 Å². The SMILES string of the molecule is O=S(=O)(O)c1ccc(Nc2cc(F)nc(F)n2)cc1/N=N/c1cc(/N=N/c2ccc(S(=O)(=O)CCOSOOO)cc2S(=O)(=O)O)c(O)cc1O. The molecule has 0 saturated heterocycles. The van der Waals surface area contributed by atoms with Gasteiger partial charge in [0.1, 0.15) is 49.9 Å². The zero-order chi connectivity index (χ0) is 37.6. The molecule has 0 radical (unpaired) electrons. The van der Waals surface area contributed by atoms with Gasteiger partial charge in [-0.05, 0) is 36.4 Å². The van der Waals surface area contributed by atoms with Gasteiger partial charge in [-0.25, -0.2) is 13.7 Å². The summed E-state index contributed by atoms with van der Waals surface area (Å²) in [4.78, 5) is 3.76. The molecule has 0 aliphatic rings. The van der Waals surface area contributed by atoms with Gasteiger partial charge in [0.25, 0.3) is 20.2 Å². The van der Waals surface area contributed by atoms with Gasteiger partial charge in [-0.3, -0.25) is 13.3 Å². The van der Waals surface area contributed by atoms with Crippen LogP contribution in [0, 0.1) is 12.0 Å². The van der Waals surface area contributed by atoms with Crippen LogP contribution in [-0.2, 0) is 43.6 Å². The summed E-state index contributed by atoms with van der Waals surface area (Å²) in [5.41, 5.74) is -2.26. The highest BCUT2D eigenvalue weighted by Gasteiger charge is 2.23. The second kappa shape index (κ2) is 16.0. The molecule has 6 N–H and O–H groups in total. The lowest BCUT2D eigenvalue weighted by molar-refractivity contribution is -0.434. The van der Waals surface area contributed by atoms with Gasteiger partial charge < -0.3 is 15.5 Å². The Hall–Kier alpha value is -4.84. The highest BCUT2D eigenvalue weighted by Crippen LogP contribution is 2.41. The number of halogens is 2. The zero-order valence-electron chi connectivity index (χ0n) is 24.6. The van der Waals surface area contributed by atoms with E-state index in [9.17, 15) is 53.4 Å². The number of phenols is 2. The minimum absolute atomic E-state index is 0.0539. The average Bonchev–Trinajstić information content (AvgIpc) is 3.02. The molecule has 3 aromatic carbocycles. The molecular weight excluding hydrogens is 777 g/mol. The van der Waals surface area contributed by atoms with Crippen molar-refractivity contribution in [2.45, 2.75) is 14.7 Å².